The van der Waals surface area contributed by atoms with Crippen molar-refractivity contribution in [2.75, 3.05) is 0 Å². The summed E-state index contributed by atoms with van der Waals surface area (Å²) in [4.78, 5) is 7.52. The van der Waals surface area contributed by atoms with E-state index in [4.69, 9.17) is 4.98 Å². The number of rotatable bonds is 3. The van der Waals surface area contributed by atoms with Gasteiger partial charge >= 0.3 is 0 Å². The number of nitrogens with zero attached hydrogens (tertiary/aromatic N) is 2. The lowest BCUT2D eigenvalue weighted by molar-refractivity contribution is 0.889. The fourth-order valence-electron chi connectivity index (χ4n) is 5.10. The van der Waals surface area contributed by atoms with Crippen molar-refractivity contribution in [3.8, 4) is 27.9 Å². The summed E-state index contributed by atoms with van der Waals surface area (Å²) in [5, 5.41) is 2.54. The van der Waals surface area contributed by atoms with E-state index in [1.54, 1.807) is 0 Å². The fraction of sp³-hybridized carbons (Fsp3) is 0.0645. The van der Waals surface area contributed by atoms with Gasteiger partial charge in [0.1, 0.15) is 5.82 Å². The topological polar surface area (TPSA) is 17.8 Å². The SMILES string of the molecule is CCc1nc2cccc3c2n1-c1c(cccc1-c1ccc(-c2ccc4ccccc4c2)cc1)S3. The Bertz CT molecular complexity index is 1710. The first-order valence-electron chi connectivity index (χ1n) is 11.7. The second-order valence-electron chi connectivity index (χ2n) is 8.73. The minimum Gasteiger partial charge on any atom is -0.293 e. The smallest absolute Gasteiger partial charge is 0.114 e. The second kappa shape index (κ2) is 7.61. The third-order valence-electron chi connectivity index (χ3n) is 6.75. The van der Waals surface area contributed by atoms with Crippen LogP contribution in [0.3, 0.4) is 0 Å². The van der Waals surface area contributed by atoms with Crippen LogP contribution in [0.15, 0.2) is 113 Å². The summed E-state index contributed by atoms with van der Waals surface area (Å²) >= 11 is 1.85. The highest BCUT2D eigenvalue weighted by molar-refractivity contribution is 7.99. The molecule has 6 aromatic rings. The fourth-order valence-corrected chi connectivity index (χ4v) is 6.22. The van der Waals surface area contributed by atoms with E-state index in [-0.39, 0.29) is 0 Å². The van der Waals surface area contributed by atoms with Gasteiger partial charge in [0.2, 0.25) is 0 Å². The normalized spacial score (nSPS) is 12.3. The summed E-state index contributed by atoms with van der Waals surface area (Å²) < 4.78 is 2.39. The molecule has 1 aliphatic heterocycles. The molecule has 162 valence electrons. The molecule has 2 nitrogen and oxygen atoms in total. The zero-order chi connectivity index (χ0) is 22.6. The number of hydrogen-bond acceptors (Lipinski definition) is 2. The Kier molecular flexibility index (Phi) is 4.39. The van der Waals surface area contributed by atoms with Crippen LogP contribution >= 0.6 is 11.8 Å². The third kappa shape index (κ3) is 2.94. The van der Waals surface area contributed by atoms with Crippen molar-refractivity contribution < 1.29 is 0 Å². The first-order valence-corrected chi connectivity index (χ1v) is 12.5. The summed E-state index contributed by atoms with van der Waals surface area (Å²) in [7, 11) is 0. The van der Waals surface area contributed by atoms with Gasteiger partial charge in [0.25, 0.3) is 0 Å². The molecule has 0 aliphatic carbocycles. The van der Waals surface area contributed by atoms with Gasteiger partial charge in [-0.15, -0.1) is 0 Å². The van der Waals surface area contributed by atoms with E-state index in [0.29, 0.717) is 0 Å². The zero-order valence-corrected chi connectivity index (χ0v) is 19.6. The van der Waals surface area contributed by atoms with E-state index in [2.05, 4.69) is 115 Å². The van der Waals surface area contributed by atoms with Crippen molar-refractivity contribution in [3.63, 3.8) is 0 Å². The van der Waals surface area contributed by atoms with Crippen LogP contribution in [0.1, 0.15) is 12.7 Å². The number of benzene rings is 5. The molecule has 2 heterocycles. The molecule has 5 aromatic carbocycles. The molecular weight excluding hydrogens is 432 g/mol. The van der Waals surface area contributed by atoms with Gasteiger partial charge in [0, 0.05) is 21.8 Å². The molecule has 0 unspecified atom stereocenters. The summed E-state index contributed by atoms with van der Waals surface area (Å²) in [6, 6.07) is 37.3. The Morgan fingerprint density at radius 3 is 2.26 bits per heavy atom. The van der Waals surface area contributed by atoms with Crippen LogP contribution in [0.2, 0.25) is 0 Å². The van der Waals surface area contributed by atoms with E-state index in [1.165, 1.54) is 54.0 Å². The van der Waals surface area contributed by atoms with Crippen LogP contribution in [-0.4, -0.2) is 9.55 Å². The average molecular weight is 455 g/mol. The lowest BCUT2D eigenvalue weighted by Crippen LogP contribution is -2.07. The van der Waals surface area contributed by atoms with Crippen LogP contribution in [0, 0.1) is 0 Å². The lowest BCUT2D eigenvalue weighted by atomic mass is 9.97. The van der Waals surface area contributed by atoms with Crippen molar-refractivity contribution in [2.45, 2.75) is 23.1 Å². The van der Waals surface area contributed by atoms with Gasteiger partial charge in [-0.25, -0.2) is 4.98 Å². The Hall–Kier alpha value is -3.82. The van der Waals surface area contributed by atoms with Crippen LogP contribution < -0.4 is 0 Å². The Balaban J connectivity index is 1.37. The van der Waals surface area contributed by atoms with Crippen molar-refractivity contribution >= 4 is 33.6 Å². The van der Waals surface area contributed by atoms with E-state index >= 15 is 0 Å². The molecule has 0 spiro atoms. The quantitative estimate of drug-likeness (QED) is 0.266. The van der Waals surface area contributed by atoms with Crippen molar-refractivity contribution in [1.29, 1.82) is 0 Å². The number of hydrogen-bond donors (Lipinski definition) is 0. The standard InChI is InChI=1S/C31H22N2S/c1-2-29-32-26-10-6-12-28-31(26)33(29)30-25(9-5-11-27(30)34-28)22-16-13-21(14-17-22)24-18-15-20-7-3-4-8-23(20)19-24/h3-19H,2H2,1H3. The maximum absolute atomic E-state index is 4.96. The molecule has 34 heavy (non-hydrogen) atoms. The predicted molar refractivity (Wildman–Crippen MR) is 143 cm³/mol. The molecule has 0 N–H and O–H groups in total. The highest BCUT2D eigenvalue weighted by Crippen LogP contribution is 2.47. The molecule has 1 aliphatic rings. The maximum atomic E-state index is 4.96. The summed E-state index contributed by atoms with van der Waals surface area (Å²) in [5.41, 5.74) is 8.52. The molecule has 0 saturated heterocycles. The van der Waals surface area contributed by atoms with Crippen LogP contribution in [0.4, 0.5) is 0 Å². The van der Waals surface area contributed by atoms with E-state index in [1.807, 2.05) is 11.8 Å². The van der Waals surface area contributed by atoms with Crippen LogP contribution in [-0.2, 0) is 6.42 Å². The van der Waals surface area contributed by atoms with Gasteiger partial charge in [-0.2, -0.15) is 0 Å². The molecular formula is C31H22N2S. The Labute approximate surface area is 202 Å². The third-order valence-corrected chi connectivity index (χ3v) is 7.85. The van der Waals surface area contributed by atoms with E-state index < -0.39 is 0 Å². The monoisotopic (exact) mass is 454 g/mol. The van der Waals surface area contributed by atoms with Gasteiger partial charge < -0.3 is 0 Å². The number of para-hydroxylation sites is 2. The number of fused-ring (bicyclic) bond motifs is 3. The van der Waals surface area contributed by atoms with Gasteiger partial charge in [0.05, 0.1) is 16.7 Å². The van der Waals surface area contributed by atoms with Gasteiger partial charge in [-0.1, -0.05) is 97.5 Å². The average Bonchev–Trinajstić information content (AvgIpc) is 3.28. The van der Waals surface area contributed by atoms with Crippen LogP contribution in [0.25, 0.3) is 49.7 Å². The minimum absolute atomic E-state index is 0.896. The molecule has 0 atom stereocenters. The van der Waals surface area contributed by atoms with E-state index in [0.717, 1.165) is 17.8 Å². The van der Waals surface area contributed by atoms with Gasteiger partial charge in [-0.05, 0) is 51.7 Å². The molecule has 0 radical (unpaired) electrons. The Morgan fingerprint density at radius 2 is 1.41 bits per heavy atom. The highest BCUT2D eigenvalue weighted by atomic mass is 32.2. The van der Waals surface area contributed by atoms with Crippen molar-refractivity contribution in [3.05, 3.63) is 109 Å². The molecule has 0 saturated carbocycles. The van der Waals surface area contributed by atoms with E-state index in [9.17, 15) is 0 Å². The molecule has 1 aromatic heterocycles. The summed E-state index contributed by atoms with van der Waals surface area (Å²) in [6.07, 6.45) is 0.896. The second-order valence-corrected chi connectivity index (χ2v) is 9.82. The minimum atomic E-state index is 0.896. The van der Waals surface area contributed by atoms with Gasteiger partial charge in [0.15, 0.2) is 0 Å². The van der Waals surface area contributed by atoms with Crippen LogP contribution in [0.5, 0.6) is 0 Å². The van der Waals surface area contributed by atoms with Gasteiger partial charge in [-0.3, -0.25) is 4.57 Å². The molecule has 7 rings (SSSR count). The first-order chi connectivity index (χ1) is 16.8. The molecule has 0 amide bonds. The Morgan fingerprint density at radius 1 is 0.676 bits per heavy atom. The molecule has 0 fully saturated rings. The lowest BCUT2D eigenvalue weighted by Gasteiger charge is -2.23. The first kappa shape index (κ1) is 19.6. The molecule has 3 heteroatoms. The van der Waals surface area contributed by atoms with Crippen molar-refractivity contribution in [2.24, 2.45) is 0 Å². The molecule has 0 bridgehead atoms. The number of imidazole rings is 1. The largest absolute Gasteiger partial charge is 0.293 e. The maximum Gasteiger partial charge on any atom is 0.114 e. The predicted octanol–water partition coefficient (Wildman–Crippen LogP) is 8.54. The van der Waals surface area contributed by atoms with Crippen molar-refractivity contribution in [1.82, 2.24) is 9.55 Å². The summed E-state index contributed by atoms with van der Waals surface area (Å²) in [6.45, 7) is 2.19. The highest BCUT2D eigenvalue weighted by Gasteiger charge is 2.25. The summed E-state index contributed by atoms with van der Waals surface area (Å²) in [5.74, 6) is 1.12. The number of aryl methyl sites for hydroxylation is 1. The zero-order valence-electron chi connectivity index (χ0n) is 18.8. The number of aromatic nitrogens is 2.